The molecule has 0 saturated carbocycles. The van der Waals surface area contributed by atoms with E-state index in [1.165, 1.54) is 7.11 Å². The van der Waals surface area contributed by atoms with E-state index < -0.39 is 45.3 Å². The van der Waals surface area contributed by atoms with Crippen LogP contribution < -0.4 is 14.4 Å². The fraction of sp³-hybridized carbons (Fsp3) is 0.409. The van der Waals surface area contributed by atoms with Crippen LogP contribution in [0.5, 0.6) is 5.75 Å². The van der Waals surface area contributed by atoms with E-state index in [1.807, 2.05) is 13.8 Å². The number of anilines is 1. The number of nitrogens with zero attached hydrogens (tertiary/aromatic N) is 1. The molecule has 2 rings (SSSR count). The first-order valence-electron chi connectivity index (χ1n) is 10.00. The topological polar surface area (TPSA) is 75.7 Å². The summed E-state index contributed by atoms with van der Waals surface area (Å²) in [6.45, 7) is 3.25. The zero-order valence-electron chi connectivity index (χ0n) is 18.6. The molecule has 2 aromatic carbocycles. The molecule has 0 aliphatic carbocycles. The molecule has 0 aliphatic rings. The molecular weight excluding hydrogens is 481 g/mol. The van der Waals surface area contributed by atoms with Gasteiger partial charge in [0, 0.05) is 0 Å². The van der Waals surface area contributed by atoms with Crippen LogP contribution in [0.2, 0.25) is 5.02 Å². The molecule has 0 aliphatic heterocycles. The lowest BCUT2D eigenvalue weighted by molar-refractivity contribution is -0.137. The Morgan fingerprint density at radius 2 is 1.76 bits per heavy atom. The second kappa shape index (κ2) is 10.6. The molecule has 0 unspecified atom stereocenters. The van der Waals surface area contributed by atoms with Crippen molar-refractivity contribution >= 4 is 33.2 Å². The molecule has 0 bridgehead atoms. The highest BCUT2D eigenvalue weighted by molar-refractivity contribution is 7.92. The van der Waals surface area contributed by atoms with Crippen molar-refractivity contribution in [1.29, 1.82) is 0 Å². The summed E-state index contributed by atoms with van der Waals surface area (Å²) in [4.78, 5) is 12.8. The predicted molar refractivity (Wildman–Crippen MR) is 122 cm³/mol. The Labute approximate surface area is 196 Å². The molecule has 1 amide bonds. The Hall–Kier alpha value is -2.46. The summed E-state index contributed by atoms with van der Waals surface area (Å²) >= 11 is 5.64. The van der Waals surface area contributed by atoms with E-state index in [-0.39, 0.29) is 11.6 Å². The van der Waals surface area contributed by atoms with Crippen molar-refractivity contribution in [2.45, 2.75) is 32.5 Å². The Bertz CT molecular complexity index is 1070. The Balaban J connectivity index is 2.32. The maximum Gasteiger partial charge on any atom is 0.417 e. The number of carbonyl (C=O) groups excluding carboxylic acids is 1. The highest BCUT2D eigenvalue weighted by Crippen LogP contribution is 2.37. The van der Waals surface area contributed by atoms with Crippen molar-refractivity contribution in [1.82, 2.24) is 5.32 Å². The van der Waals surface area contributed by atoms with E-state index >= 15 is 0 Å². The summed E-state index contributed by atoms with van der Waals surface area (Å²) in [7, 11) is -2.54. The summed E-state index contributed by atoms with van der Waals surface area (Å²) in [6, 6.07) is 9.32. The quantitative estimate of drug-likeness (QED) is 0.517. The minimum absolute atomic E-state index is 0.203. The molecule has 0 spiro atoms. The van der Waals surface area contributed by atoms with E-state index in [0.717, 1.165) is 24.0 Å². The summed E-state index contributed by atoms with van der Waals surface area (Å²) in [5, 5.41) is 2.23. The monoisotopic (exact) mass is 506 g/mol. The third-order valence-corrected chi connectivity index (χ3v) is 6.26. The fourth-order valence-corrected chi connectivity index (χ4v) is 4.31. The summed E-state index contributed by atoms with van der Waals surface area (Å²) < 4.78 is 70.2. The van der Waals surface area contributed by atoms with Gasteiger partial charge in [0.15, 0.2) is 0 Å². The standard InChI is InChI=1S/C22H26ClF3N2O4S/c1-14(2)11-20(15-5-8-17(32-3)9-6-15)27-21(29)13-28(33(4,30)31)16-7-10-19(23)18(12-16)22(24,25)26/h5-10,12,14,20H,11,13H2,1-4H3,(H,27,29)/t20-/m1/s1. The van der Waals surface area contributed by atoms with E-state index in [4.69, 9.17) is 16.3 Å². The summed E-state index contributed by atoms with van der Waals surface area (Å²) in [5.41, 5.74) is -0.713. The van der Waals surface area contributed by atoms with Crippen molar-refractivity contribution < 1.29 is 31.1 Å². The Morgan fingerprint density at radius 1 is 1.15 bits per heavy atom. The van der Waals surface area contributed by atoms with Crippen LogP contribution in [-0.4, -0.2) is 34.2 Å². The number of benzene rings is 2. The molecule has 1 atom stereocenters. The molecule has 0 heterocycles. The van der Waals surface area contributed by atoms with Gasteiger partial charge in [-0.15, -0.1) is 0 Å². The van der Waals surface area contributed by atoms with Crippen LogP contribution in [0.4, 0.5) is 18.9 Å². The van der Waals surface area contributed by atoms with Crippen LogP contribution in [0.1, 0.15) is 37.4 Å². The first kappa shape index (κ1) is 26.8. The normalized spacial score (nSPS) is 13.0. The molecule has 0 radical (unpaired) electrons. The van der Waals surface area contributed by atoms with Crippen LogP contribution in [-0.2, 0) is 21.0 Å². The first-order chi connectivity index (χ1) is 15.2. The second-order valence-corrected chi connectivity index (χ2v) is 10.3. The lowest BCUT2D eigenvalue weighted by atomic mass is 9.97. The van der Waals surface area contributed by atoms with E-state index in [2.05, 4.69) is 5.32 Å². The molecule has 11 heteroatoms. The molecule has 0 fully saturated rings. The molecule has 33 heavy (non-hydrogen) atoms. The van der Waals surface area contributed by atoms with Gasteiger partial charge in [-0.3, -0.25) is 9.10 Å². The van der Waals surface area contributed by atoms with Crippen molar-refractivity contribution in [3.63, 3.8) is 0 Å². The zero-order chi connectivity index (χ0) is 25.0. The number of carbonyl (C=O) groups is 1. The zero-order valence-corrected chi connectivity index (χ0v) is 20.2. The molecule has 1 N–H and O–H groups in total. The number of alkyl halides is 3. The van der Waals surface area contributed by atoms with Crippen LogP contribution in [0.3, 0.4) is 0 Å². The third-order valence-electron chi connectivity index (χ3n) is 4.79. The average Bonchev–Trinajstić information content (AvgIpc) is 2.70. The predicted octanol–water partition coefficient (Wildman–Crippen LogP) is 5.04. The highest BCUT2D eigenvalue weighted by atomic mass is 35.5. The SMILES string of the molecule is COc1ccc([C@@H](CC(C)C)NC(=O)CN(c2ccc(Cl)c(C(F)(F)F)c2)S(C)(=O)=O)cc1. The minimum atomic E-state index is -4.78. The van der Waals surface area contributed by atoms with Crippen molar-refractivity contribution in [3.8, 4) is 5.75 Å². The average molecular weight is 507 g/mol. The van der Waals surface area contributed by atoms with Gasteiger partial charge in [0.05, 0.1) is 35.7 Å². The van der Waals surface area contributed by atoms with Gasteiger partial charge in [-0.25, -0.2) is 8.42 Å². The molecule has 0 aromatic heterocycles. The van der Waals surface area contributed by atoms with Gasteiger partial charge < -0.3 is 10.1 Å². The molecule has 2 aromatic rings. The number of ether oxygens (including phenoxy) is 1. The van der Waals surface area contributed by atoms with E-state index in [9.17, 15) is 26.4 Å². The van der Waals surface area contributed by atoms with Crippen molar-refractivity contribution in [2.24, 2.45) is 5.92 Å². The van der Waals surface area contributed by atoms with E-state index in [1.54, 1.807) is 24.3 Å². The molecular formula is C22H26ClF3N2O4S. The number of nitrogens with one attached hydrogen (secondary N) is 1. The maximum atomic E-state index is 13.2. The van der Waals surface area contributed by atoms with Gasteiger partial charge >= 0.3 is 6.18 Å². The van der Waals surface area contributed by atoms with Crippen LogP contribution >= 0.6 is 11.6 Å². The number of amides is 1. The van der Waals surface area contributed by atoms with Gasteiger partial charge in [-0.05, 0) is 48.2 Å². The Kier molecular flexibility index (Phi) is 8.64. The minimum Gasteiger partial charge on any atom is -0.497 e. The highest BCUT2D eigenvalue weighted by Gasteiger charge is 2.34. The number of hydrogen-bond donors (Lipinski definition) is 1. The Morgan fingerprint density at radius 3 is 2.24 bits per heavy atom. The third kappa shape index (κ3) is 7.53. The van der Waals surface area contributed by atoms with Crippen LogP contribution in [0.15, 0.2) is 42.5 Å². The second-order valence-electron chi connectivity index (χ2n) is 7.95. The largest absolute Gasteiger partial charge is 0.497 e. The number of methoxy groups -OCH3 is 1. The molecule has 182 valence electrons. The molecule has 0 saturated heterocycles. The number of halogens is 4. The maximum absolute atomic E-state index is 13.2. The van der Waals surface area contributed by atoms with Crippen LogP contribution in [0.25, 0.3) is 0 Å². The first-order valence-corrected chi connectivity index (χ1v) is 12.2. The lowest BCUT2D eigenvalue weighted by Crippen LogP contribution is -2.42. The summed E-state index contributed by atoms with van der Waals surface area (Å²) in [6.07, 6.45) is -3.40. The van der Waals surface area contributed by atoms with Crippen molar-refractivity contribution in [3.05, 3.63) is 58.6 Å². The van der Waals surface area contributed by atoms with Gasteiger partial charge in [0.25, 0.3) is 0 Å². The molecule has 6 nitrogen and oxygen atoms in total. The van der Waals surface area contributed by atoms with Crippen LogP contribution in [0, 0.1) is 5.92 Å². The van der Waals surface area contributed by atoms with E-state index in [0.29, 0.717) is 22.5 Å². The smallest absolute Gasteiger partial charge is 0.417 e. The van der Waals surface area contributed by atoms with Gasteiger partial charge in [-0.1, -0.05) is 37.6 Å². The van der Waals surface area contributed by atoms with Gasteiger partial charge in [0.2, 0.25) is 15.9 Å². The lowest BCUT2D eigenvalue weighted by Gasteiger charge is -2.26. The van der Waals surface area contributed by atoms with Crippen molar-refractivity contribution in [2.75, 3.05) is 24.2 Å². The number of rotatable bonds is 9. The van der Waals surface area contributed by atoms with Gasteiger partial charge in [-0.2, -0.15) is 13.2 Å². The van der Waals surface area contributed by atoms with Gasteiger partial charge in [0.1, 0.15) is 12.3 Å². The fourth-order valence-electron chi connectivity index (χ4n) is 3.24. The number of hydrogen-bond acceptors (Lipinski definition) is 4. The number of sulfonamides is 1. The summed E-state index contributed by atoms with van der Waals surface area (Å²) in [5.74, 6) is 0.180.